The zero-order valence-electron chi connectivity index (χ0n) is 22.0. The molecule has 2 heterocycles. The van der Waals surface area contributed by atoms with E-state index in [2.05, 4.69) is 50.4 Å². The van der Waals surface area contributed by atoms with Gasteiger partial charge in [0.05, 0.1) is 16.7 Å². The highest BCUT2D eigenvalue weighted by molar-refractivity contribution is 9.10. The van der Waals surface area contributed by atoms with E-state index >= 15 is 0 Å². The molecule has 0 saturated heterocycles. The predicted molar refractivity (Wildman–Crippen MR) is 152 cm³/mol. The molecule has 0 bridgehead atoms. The van der Waals surface area contributed by atoms with Crippen molar-refractivity contribution in [3.63, 3.8) is 0 Å². The number of halogens is 1. The van der Waals surface area contributed by atoms with E-state index in [4.69, 9.17) is 14.2 Å². The van der Waals surface area contributed by atoms with Crippen LogP contribution in [0.4, 0.5) is 5.95 Å². The summed E-state index contributed by atoms with van der Waals surface area (Å²) in [6.07, 6.45) is 1.46. The summed E-state index contributed by atoms with van der Waals surface area (Å²) in [6.45, 7) is 6.79. The average molecular weight is 589 g/mol. The molecule has 5 rings (SSSR count). The Balaban J connectivity index is 1.49. The molecular weight excluding hydrogens is 560 g/mol. The molecule has 1 aliphatic rings. The number of allylic oxidation sites excluding steroid dienone is 1. The highest BCUT2D eigenvalue weighted by Crippen LogP contribution is 2.43. The van der Waals surface area contributed by atoms with Crippen molar-refractivity contribution >= 4 is 27.8 Å². The van der Waals surface area contributed by atoms with Gasteiger partial charge in [0.2, 0.25) is 5.95 Å². The van der Waals surface area contributed by atoms with Gasteiger partial charge in [0.1, 0.15) is 25.6 Å². The van der Waals surface area contributed by atoms with Crippen LogP contribution in [0.2, 0.25) is 0 Å². The second kappa shape index (κ2) is 11.7. The van der Waals surface area contributed by atoms with Crippen molar-refractivity contribution in [1.29, 1.82) is 0 Å². The van der Waals surface area contributed by atoms with Crippen LogP contribution in [-0.2, 0) is 22.7 Å². The first-order chi connectivity index (χ1) is 18.9. The first-order valence-electron chi connectivity index (χ1n) is 12.7. The van der Waals surface area contributed by atoms with Gasteiger partial charge in [-0.1, -0.05) is 60.2 Å². The molecule has 0 fully saturated rings. The van der Waals surface area contributed by atoms with Crippen LogP contribution in [0.25, 0.3) is 0 Å². The van der Waals surface area contributed by atoms with Crippen molar-refractivity contribution < 1.29 is 19.0 Å². The summed E-state index contributed by atoms with van der Waals surface area (Å²) in [5, 5.41) is 7.60. The first kappa shape index (κ1) is 26.5. The van der Waals surface area contributed by atoms with Crippen LogP contribution in [0.5, 0.6) is 11.5 Å². The number of carbonyl (C=O) groups is 1. The third-order valence-corrected chi connectivity index (χ3v) is 6.93. The average Bonchev–Trinajstić information content (AvgIpc) is 3.39. The molecule has 1 N–H and O–H groups in total. The van der Waals surface area contributed by atoms with Crippen molar-refractivity contribution in [1.82, 2.24) is 14.8 Å². The quantitative estimate of drug-likeness (QED) is 0.228. The van der Waals surface area contributed by atoms with Crippen LogP contribution in [0.15, 0.2) is 88.8 Å². The van der Waals surface area contributed by atoms with E-state index in [1.165, 1.54) is 11.9 Å². The van der Waals surface area contributed by atoms with E-state index in [0.717, 1.165) is 16.7 Å². The molecule has 0 spiro atoms. The minimum absolute atomic E-state index is 0.160. The van der Waals surface area contributed by atoms with Crippen molar-refractivity contribution in [2.75, 3.05) is 11.9 Å². The van der Waals surface area contributed by atoms with Crippen LogP contribution in [0, 0.1) is 6.92 Å². The lowest BCUT2D eigenvalue weighted by Crippen LogP contribution is -2.29. The fourth-order valence-corrected chi connectivity index (χ4v) is 5.14. The molecule has 3 aromatic carbocycles. The van der Waals surface area contributed by atoms with E-state index < -0.39 is 12.0 Å². The van der Waals surface area contributed by atoms with Gasteiger partial charge in [-0.3, -0.25) is 0 Å². The van der Waals surface area contributed by atoms with E-state index in [1.807, 2.05) is 68.4 Å². The van der Waals surface area contributed by atoms with Gasteiger partial charge >= 0.3 is 5.97 Å². The van der Waals surface area contributed by atoms with Gasteiger partial charge in [-0.2, -0.15) is 10.1 Å². The van der Waals surface area contributed by atoms with Gasteiger partial charge in [0.25, 0.3) is 0 Å². The molecular formula is C30H29BrN4O4. The SMILES string of the molecule is CCOc1cc(C2C(C(=O)OCc3ccccc3)=C(C)Nc3ncnn32)cc(Br)c1OCc1cccc(C)c1. The van der Waals surface area contributed by atoms with Gasteiger partial charge in [0.15, 0.2) is 11.5 Å². The number of ether oxygens (including phenoxy) is 3. The number of hydrogen-bond acceptors (Lipinski definition) is 7. The first-order valence-corrected chi connectivity index (χ1v) is 13.5. The molecule has 1 aliphatic heterocycles. The Hall–Kier alpha value is -4.11. The van der Waals surface area contributed by atoms with Crippen LogP contribution in [0.1, 0.15) is 42.1 Å². The molecule has 0 amide bonds. The van der Waals surface area contributed by atoms with Gasteiger partial charge in [0, 0.05) is 5.70 Å². The summed E-state index contributed by atoms with van der Waals surface area (Å²) in [5.74, 6) is 1.24. The molecule has 1 atom stereocenters. The van der Waals surface area contributed by atoms with Crippen LogP contribution < -0.4 is 14.8 Å². The Morgan fingerprint density at radius 2 is 1.79 bits per heavy atom. The molecule has 9 heteroatoms. The molecule has 0 radical (unpaired) electrons. The van der Waals surface area contributed by atoms with Gasteiger partial charge < -0.3 is 19.5 Å². The van der Waals surface area contributed by atoms with Crippen molar-refractivity contribution in [3.05, 3.63) is 111 Å². The summed E-state index contributed by atoms with van der Waals surface area (Å²) < 4.78 is 20.4. The monoisotopic (exact) mass is 588 g/mol. The lowest BCUT2D eigenvalue weighted by molar-refractivity contribution is -0.140. The Labute approximate surface area is 235 Å². The molecule has 39 heavy (non-hydrogen) atoms. The van der Waals surface area contributed by atoms with Crippen molar-refractivity contribution in [2.45, 2.75) is 40.0 Å². The van der Waals surface area contributed by atoms with Crippen LogP contribution in [-0.4, -0.2) is 27.3 Å². The van der Waals surface area contributed by atoms with E-state index in [9.17, 15) is 4.79 Å². The standard InChI is InChI=1S/C30H29BrN4O4/c1-4-37-25-15-23(14-24(31)28(25)38-17-22-12-8-9-19(2)13-22)27-26(20(3)34-30-32-18-33-35(27)30)29(36)39-16-21-10-6-5-7-11-21/h5-15,18,27H,4,16-17H2,1-3H3,(H,32,33,34). The number of nitrogens with one attached hydrogen (secondary N) is 1. The third-order valence-electron chi connectivity index (χ3n) is 6.34. The maximum atomic E-state index is 13.5. The second-order valence-electron chi connectivity index (χ2n) is 9.20. The third kappa shape index (κ3) is 5.83. The van der Waals surface area contributed by atoms with Crippen LogP contribution in [0.3, 0.4) is 0 Å². The normalized spacial score (nSPS) is 14.4. The smallest absolute Gasteiger partial charge is 0.338 e. The molecule has 1 aromatic heterocycles. The van der Waals surface area contributed by atoms with E-state index in [1.54, 1.807) is 4.68 Å². The summed E-state index contributed by atoms with van der Waals surface area (Å²) in [7, 11) is 0. The molecule has 0 saturated carbocycles. The topological polar surface area (TPSA) is 87.5 Å². The van der Waals surface area contributed by atoms with Gasteiger partial charge in [-0.25, -0.2) is 9.48 Å². The number of anilines is 1. The second-order valence-corrected chi connectivity index (χ2v) is 10.1. The Morgan fingerprint density at radius 1 is 1.00 bits per heavy atom. The number of esters is 1. The fourth-order valence-electron chi connectivity index (χ4n) is 4.57. The molecule has 1 unspecified atom stereocenters. The minimum Gasteiger partial charge on any atom is -0.490 e. The maximum Gasteiger partial charge on any atom is 0.338 e. The number of rotatable bonds is 9. The number of fused-ring (bicyclic) bond motifs is 1. The van der Waals surface area contributed by atoms with Gasteiger partial charge in [-0.05, 0) is 65.5 Å². The minimum atomic E-state index is -0.589. The summed E-state index contributed by atoms with van der Waals surface area (Å²) >= 11 is 3.69. The molecule has 0 aliphatic carbocycles. The molecule has 200 valence electrons. The maximum absolute atomic E-state index is 13.5. The molecule has 8 nitrogen and oxygen atoms in total. The number of aromatic nitrogens is 3. The highest BCUT2D eigenvalue weighted by Gasteiger charge is 2.35. The Kier molecular flexibility index (Phi) is 7.97. The Bertz CT molecular complexity index is 1520. The van der Waals surface area contributed by atoms with Crippen LogP contribution >= 0.6 is 15.9 Å². The van der Waals surface area contributed by atoms with E-state index in [-0.39, 0.29) is 6.61 Å². The zero-order chi connectivity index (χ0) is 27.4. The summed E-state index contributed by atoms with van der Waals surface area (Å²) in [5.41, 5.74) is 4.98. The lowest BCUT2D eigenvalue weighted by atomic mass is 9.95. The fraction of sp³-hybridized carbons (Fsp3) is 0.233. The Morgan fingerprint density at radius 3 is 2.56 bits per heavy atom. The summed E-state index contributed by atoms with van der Waals surface area (Å²) in [4.78, 5) is 17.8. The number of carbonyl (C=O) groups excluding carboxylic acids is 1. The lowest BCUT2D eigenvalue weighted by Gasteiger charge is -2.29. The number of nitrogens with zero attached hydrogens (tertiary/aromatic N) is 3. The largest absolute Gasteiger partial charge is 0.490 e. The summed E-state index contributed by atoms with van der Waals surface area (Å²) in [6, 6.07) is 21.0. The van der Waals surface area contributed by atoms with Gasteiger partial charge in [-0.15, -0.1) is 0 Å². The van der Waals surface area contributed by atoms with E-state index in [0.29, 0.717) is 46.4 Å². The highest BCUT2D eigenvalue weighted by atomic mass is 79.9. The molecule has 4 aromatic rings. The number of benzene rings is 3. The number of hydrogen-bond donors (Lipinski definition) is 1. The van der Waals surface area contributed by atoms with Crippen molar-refractivity contribution in [2.24, 2.45) is 0 Å². The number of aryl methyl sites for hydroxylation is 1. The van der Waals surface area contributed by atoms with Crippen molar-refractivity contribution in [3.8, 4) is 11.5 Å². The predicted octanol–water partition coefficient (Wildman–Crippen LogP) is 6.36. The zero-order valence-corrected chi connectivity index (χ0v) is 23.6.